The molecule has 9 heteroatoms. The zero-order chi connectivity index (χ0) is 52.7. The molecule has 0 aromatic rings. The first-order chi connectivity index (χ1) is 35.0. The lowest BCUT2D eigenvalue weighted by Crippen LogP contribution is -2.45. The fraction of sp³-hybridized carbons (Fsp3) is 0.571. The Balaban J connectivity index is 4.19. The number of phosphoric ester groups is 1. The van der Waals surface area contributed by atoms with Gasteiger partial charge in [0.25, 0.3) is 7.82 Å². The monoisotopic (exact) mass is 1010 g/mol. The van der Waals surface area contributed by atoms with Gasteiger partial charge in [-0.1, -0.05) is 217 Å². The van der Waals surface area contributed by atoms with Crippen molar-refractivity contribution >= 4 is 13.7 Å². The highest BCUT2D eigenvalue weighted by Crippen LogP contribution is 2.38. The molecule has 72 heavy (non-hydrogen) atoms. The van der Waals surface area contributed by atoms with Gasteiger partial charge in [-0.25, -0.2) is 0 Å². The number of quaternary nitrogens is 1. The largest absolute Gasteiger partial charge is 0.756 e. The number of amides is 1. The van der Waals surface area contributed by atoms with E-state index in [2.05, 4.69) is 165 Å². The van der Waals surface area contributed by atoms with Crippen molar-refractivity contribution in [1.29, 1.82) is 0 Å². The molecule has 2 N–H and O–H groups in total. The second kappa shape index (κ2) is 52.0. The van der Waals surface area contributed by atoms with Crippen LogP contribution in [0.3, 0.4) is 0 Å². The van der Waals surface area contributed by atoms with E-state index in [4.69, 9.17) is 9.05 Å². The zero-order valence-electron chi connectivity index (χ0n) is 46.1. The first-order valence-electron chi connectivity index (χ1n) is 27.8. The first kappa shape index (κ1) is 68.1. The van der Waals surface area contributed by atoms with Gasteiger partial charge in [-0.15, -0.1) is 0 Å². The van der Waals surface area contributed by atoms with Crippen LogP contribution in [0.2, 0.25) is 0 Å². The molecule has 0 aliphatic heterocycles. The maximum absolute atomic E-state index is 12.9. The van der Waals surface area contributed by atoms with E-state index in [9.17, 15) is 19.4 Å². The summed E-state index contributed by atoms with van der Waals surface area (Å²) in [5, 5.41) is 13.7. The molecule has 0 saturated heterocycles. The van der Waals surface area contributed by atoms with E-state index >= 15 is 0 Å². The Kier molecular flexibility index (Phi) is 49.2. The molecule has 0 aliphatic carbocycles. The molecule has 0 saturated carbocycles. The van der Waals surface area contributed by atoms with Gasteiger partial charge in [-0.2, -0.15) is 0 Å². The average molecular weight is 1020 g/mol. The van der Waals surface area contributed by atoms with Gasteiger partial charge >= 0.3 is 0 Å². The van der Waals surface area contributed by atoms with Gasteiger partial charge in [0, 0.05) is 6.42 Å². The molecule has 406 valence electrons. The van der Waals surface area contributed by atoms with Gasteiger partial charge in [0.1, 0.15) is 13.2 Å². The van der Waals surface area contributed by atoms with E-state index < -0.39 is 26.6 Å². The Bertz CT molecular complexity index is 1720. The van der Waals surface area contributed by atoms with Crippen LogP contribution in [-0.2, 0) is 18.4 Å². The number of allylic oxidation sites excluding steroid dienone is 25. The highest BCUT2D eigenvalue weighted by Gasteiger charge is 2.23. The minimum absolute atomic E-state index is 0.0194. The van der Waals surface area contributed by atoms with Gasteiger partial charge < -0.3 is 28.8 Å². The number of nitrogens with one attached hydrogen (secondary N) is 1. The van der Waals surface area contributed by atoms with Crippen molar-refractivity contribution < 1.29 is 32.9 Å². The van der Waals surface area contributed by atoms with Crippen molar-refractivity contribution in [3.8, 4) is 0 Å². The molecule has 0 rings (SSSR count). The Morgan fingerprint density at radius 1 is 0.500 bits per heavy atom. The third kappa shape index (κ3) is 53.9. The molecule has 3 atom stereocenters. The Labute approximate surface area is 441 Å². The van der Waals surface area contributed by atoms with Crippen LogP contribution in [0, 0.1) is 0 Å². The molecule has 3 unspecified atom stereocenters. The first-order valence-corrected chi connectivity index (χ1v) is 29.3. The van der Waals surface area contributed by atoms with Crippen molar-refractivity contribution in [2.24, 2.45) is 0 Å². The quantitative estimate of drug-likeness (QED) is 0.0272. The van der Waals surface area contributed by atoms with E-state index in [1.165, 1.54) is 32.1 Å². The second-order valence-electron chi connectivity index (χ2n) is 19.2. The zero-order valence-corrected chi connectivity index (χ0v) is 46.9. The van der Waals surface area contributed by atoms with Crippen LogP contribution >= 0.6 is 7.82 Å². The van der Waals surface area contributed by atoms with Gasteiger partial charge in [0.2, 0.25) is 5.91 Å². The van der Waals surface area contributed by atoms with Gasteiger partial charge in [0.15, 0.2) is 0 Å². The number of phosphoric acid groups is 1. The summed E-state index contributed by atoms with van der Waals surface area (Å²) in [4.78, 5) is 25.4. The summed E-state index contributed by atoms with van der Waals surface area (Å²) in [6.45, 7) is 4.43. The molecule has 0 radical (unpaired) electrons. The molecule has 0 fully saturated rings. The highest BCUT2D eigenvalue weighted by molar-refractivity contribution is 7.45. The van der Waals surface area contributed by atoms with Crippen LogP contribution < -0.4 is 10.2 Å². The van der Waals surface area contributed by atoms with Crippen molar-refractivity contribution in [2.45, 2.75) is 193 Å². The SMILES string of the molecule is CC/C=C\C/C=C\C/C=C\C/C=C\C/C=C\C/C=C\C/C=C\C/C=C\C/C=C\C/C=C\C/C=C\CCCCCCCC(=O)NC(COP(=O)([O-])OCC[N+](C)(C)C)C(O)/C=C/CC/C=C/CCCCCCC. The van der Waals surface area contributed by atoms with Crippen molar-refractivity contribution in [1.82, 2.24) is 5.32 Å². The predicted octanol–water partition coefficient (Wildman–Crippen LogP) is 16.5. The number of hydrogen-bond donors (Lipinski definition) is 2. The summed E-state index contributed by atoms with van der Waals surface area (Å²) in [7, 11) is 1.20. The van der Waals surface area contributed by atoms with Crippen LogP contribution in [-0.4, -0.2) is 68.5 Å². The smallest absolute Gasteiger partial charge is 0.268 e. The maximum Gasteiger partial charge on any atom is 0.268 e. The summed E-state index contributed by atoms with van der Waals surface area (Å²) in [6.07, 6.45) is 81.9. The second-order valence-corrected chi connectivity index (χ2v) is 20.6. The average Bonchev–Trinajstić information content (AvgIpc) is 3.34. The summed E-state index contributed by atoms with van der Waals surface area (Å²) in [5.74, 6) is -0.236. The number of unbranched alkanes of at least 4 members (excludes halogenated alkanes) is 11. The molecule has 8 nitrogen and oxygen atoms in total. The minimum atomic E-state index is -4.61. The summed E-state index contributed by atoms with van der Waals surface area (Å²) in [5.41, 5.74) is 0. The lowest BCUT2D eigenvalue weighted by atomic mass is 10.1. The Hall–Kier alpha value is -3.88. The normalized spacial score (nSPS) is 15.2. The van der Waals surface area contributed by atoms with Crippen LogP contribution in [0.4, 0.5) is 0 Å². The van der Waals surface area contributed by atoms with Gasteiger partial charge in [-0.05, 0) is 116 Å². The fourth-order valence-electron chi connectivity index (χ4n) is 6.88. The van der Waals surface area contributed by atoms with Crippen molar-refractivity contribution in [2.75, 3.05) is 40.9 Å². The highest BCUT2D eigenvalue weighted by atomic mass is 31.2. The topological polar surface area (TPSA) is 108 Å². The van der Waals surface area contributed by atoms with Crippen molar-refractivity contribution in [3.63, 3.8) is 0 Å². The van der Waals surface area contributed by atoms with Gasteiger partial charge in [0.05, 0.1) is 39.9 Å². The number of aliphatic hydroxyl groups excluding tert-OH is 1. The third-order valence-corrected chi connectivity index (χ3v) is 12.2. The number of rotatable bonds is 48. The van der Waals surface area contributed by atoms with E-state index in [1.54, 1.807) is 6.08 Å². The lowest BCUT2D eigenvalue weighted by molar-refractivity contribution is -0.870. The molecule has 0 aromatic heterocycles. The molecule has 0 spiro atoms. The molecule has 0 aliphatic rings. The lowest BCUT2D eigenvalue weighted by Gasteiger charge is -2.29. The van der Waals surface area contributed by atoms with Crippen LogP contribution in [0.1, 0.15) is 181 Å². The van der Waals surface area contributed by atoms with Crippen LogP contribution in [0.15, 0.2) is 158 Å². The number of carbonyl (C=O) groups is 1. The molecule has 0 aromatic carbocycles. The molecular weight excluding hydrogens is 912 g/mol. The molecule has 1 amide bonds. The number of hydrogen-bond acceptors (Lipinski definition) is 6. The van der Waals surface area contributed by atoms with Crippen LogP contribution in [0.25, 0.3) is 0 Å². The summed E-state index contributed by atoms with van der Waals surface area (Å²) in [6, 6.07) is -0.924. The maximum atomic E-state index is 12.9. The number of likely N-dealkylation sites (N-methyl/N-ethyl adjacent to an activating group) is 1. The molecule has 0 heterocycles. The predicted molar refractivity (Wildman–Crippen MR) is 311 cm³/mol. The van der Waals surface area contributed by atoms with E-state index in [1.807, 2.05) is 27.2 Å². The minimum Gasteiger partial charge on any atom is -0.756 e. The summed E-state index contributed by atoms with van der Waals surface area (Å²) >= 11 is 0. The van der Waals surface area contributed by atoms with E-state index in [0.29, 0.717) is 17.4 Å². The Morgan fingerprint density at radius 2 is 0.861 bits per heavy atom. The number of nitrogens with zero attached hydrogens (tertiary/aromatic N) is 1. The number of carbonyl (C=O) groups excluding carboxylic acids is 1. The third-order valence-electron chi connectivity index (χ3n) is 11.2. The van der Waals surface area contributed by atoms with Crippen LogP contribution in [0.5, 0.6) is 0 Å². The van der Waals surface area contributed by atoms with E-state index in [-0.39, 0.29) is 12.5 Å². The van der Waals surface area contributed by atoms with Crippen molar-refractivity contribution in [3.05, 3.63) is 158 Å². The molecule has 0 bridgehead atoms. The molecular formula is C63H103N2O6P. The standard InChI is InChI=1S/C63H103N2O6P/c1-6-8-10-12-14-16-18-19-20-21-22-23-24-25-26-27-28-29-30-31-32-33-34-35-36-37-38-39-40-41-42-43-44-45-47-49-51-53-55-57-63(67)64-61(60-71-72(68,69)70-59-58-65(3,4)5)62(66)56-54-52-50-48-46-17-15-13-11-9-7-2/h8,10,14,16,19-20,22-23,25-26,28-29,31-32,34-35,37-38,40-41,43-44,46,48,54,56,61-62,66H,6-7,9,11-13,15,17-18,21,24,27,30,33,36,39,42,45,47,49-53,55,57-60H2,1-5H3,(H-,64,67,68,69)/b10-8-,16-14-,20-19-,23-22-,26-25-,29-28-,32-31-,35-34-,38-37-,41-40-,44-43-,48-46+,56-54+. The van der Waals surface area contributed by atoms with Gasteiger partial charge in [-0.3, -0.25) is 9.36 Å². The summed E-state index contributed by atoms with van der Waals surface area (Å²) < 4.78 is 23.2. The van der Waals surface area contributed by atoms with E-state index in [0.717, 1.165) is 128 Å². The number of aliphatic hydroxyl groups is 1. The fourth-order valence-corrected chi connectivity index (χ4v) is 7.60. The Morgan fingerprint density at radius 3 is 1.29 bits per heavy atom.